The summed E-state index contributed by atoms with van der Waals surface area (Å²) in [5.41, 5.74) is 7.02. The lowest BCUT2D eigenvalue weighted by Crippen LogP contribution is -2.33. The number of nitrogens with zero attached hydrogens (tertiary/aromatic N) is 1. The fourth-order valence-corrected chi connectivity index (χ4v) is 2.58. The van der Waals surface area contributed by atoms with Gasteiger partial charge in [-0.1, -0.05) is 44.2 Å². The van der Waals surface area contributed by atoms with Gasteiger partial charge in [0.1, 0.15) is 6.61 Å². The molecule has 0 aliphatic carbocycles. The van der Waals surface area contributed by atoms with Crippen LogP contribution in [0.15, 0.2) is 30.3 Å². The van der Waals surface area contributed by atoms with Crippen LogP contribution in [0.25, 0.3) is 0 Å². The molecule has 4 heteroatoms. The summed E-state index contributed by atoms with van der Waals surface area (Å²) in [5.74, 6) is 0.251. The summed E-state index contributed by atoms with van der Waals surface area (Å²) in [6.07, 6.45) is 0. The van der Waals surface area contributed by atoms with Gasteiger partial charge < -0.3 is 15.4 Å². The third-order valence-electron chi connectivity index (χ3n) is 3.90. The number of carbonyl (C=O) groups is 1. The summed E-state index contributed by atoms with van der Waals surface area (Å²) < 4.78 is 5.36. The second-order valence-electron chi connectivity index (χ2n) is 5.85. The summed E-state index contributed by atoms with van der Waals surface area (Å²) >= 11 is 0. The van der Waals surface area contributed by atoms with Crippen molar-refractivity contribution in [3.63, 3.8) is 0 Å². The molecule has 3 atom stereocenters. The third-order valence-corrected chi connectivity index (χ3v) is 3.90. The zero-order chi connectivity index (χ0) is 14.5. The second kappa shape index (κ2) is 6.86. The molecular weight excluding hydrogens is 252 g/mol. The highest BCUT2D eigenvalue weighted by atomic mass is 16.5. The van der Waals surface area contributed by atoms with E-state index in [1.807, 2.05) is 37.3 Å². The van der Waals surface area contributed by atoms with Gasteiger partial charge in [-0.15, -0.1) is 0 Å². The summed E-state index contributed by atoms with van der Waals surface area (Å²) in [7, 11) is 0. The first-order chi connectivity index (χ1) is 9.56. The average Bonchev–Trinajstić information content (AvgIpc) is 2.75. The van der Waals surface area contributed by atoms with Crippen molar-refractivity contribution in [1.82, 2.24) is 4.90 Å². The Balaban J connectivity index is 1.75. The minimum atomic E-state index is -0.137. The summed E-state index contributed by atoms with van der Waals surface area (Å²) in [6.45, 7) is 6.99. The lowest BCUT2D eigenvalue weighted by molar-refractivity contribution is -0.149. The van der Waals surface area contributed by atoms with Gasteiger partial charge in [-0.2, -0.15) is 0 Å². The van der Waals surface area contributed by atoms with E-state index >= 15 is 0 Å². The van der Waals surface area contributed by atoms with Crippen molar-refractivity contribution in [3.8, 4) is 0 Å². The standard InChI is InChI=1S/C16H24N2O2/c1-12-8-18(10-15(12)17)9-13(2)16(19)20-11-14-6-4-3-5-7-14/h3-7,12-13,15H,8-11,17H2,1-2H3. The van der Waals surface area contributed by atoms with E-state index in [4.69, 9.17) is 10.5 Å². The molecule has 0 saturated carbocycles. The molecule has 2 rings (SSSR count). The largest absolute Gasteiger partial charge is 0.461 e. The first-order valence-corrected chi connectivity index (χ1v) is 7.24. The van der Waals surface area contributed by atoms with Gasteiger partial charge >= 0.3 is 5.97 Å². The number of ether oxygens (including phenoxy) is 1. The first-order valence-electron chi connectivity index (χ1n) is 7.24. The quantitative estimate of drug-likeness (QED) is 0.831. The number of esters is 1. The van der Waals surface area contributed by atoms with Crippen LogP contribution in [0.4, 0.5) is 0 Å². The minimum Gasteiger partial charge on any atom is -0.461 e. The second-order valence-corrected chi connectivity index (χ2v) is 5.85. The van der Waals surface area contributed by atoms with Crippen molar-refractivity contribution in [2.75, 3.05) is 19.6 Å². The van der Waals surface area contributed by atoms with Gasteiger partial charge in [0, 0.05) is 25.7 Å². The highest BCUT2D eigenvalue weighted by Crippen LogP contribution is 2.16. The number of hydrogen-bond donors (Lipinski definition) is 1. The molecule has 20 heavy (non-hydrogen) atoms. The van der Waals surface area contributed by atoms with Crippen LogP contribution in [-0.2, 0) is 16.1 Å². The van der Waals surface area contributed by atoms with Gasteiger partial charge in [0.15, 0.2) is 0 Å². The van der Waals surface area contributed by atoms with E-state index < -0.39 is 0 Å². The van der Waals surface area contributed by atoms with Crippen molar-refractivity contribution < 1.29 is 9.53 Å². The lowest BCUT2D eigenvalue weighted by atomic mass is 10.1. The Labute approximate surface area is 120 Å². The topological polar surface area (TPSA) is 55.6 Å². The van der Waals surface area contributed by atoms with Crippen molar-refractivity contribution in [1.29, 1.82) is 0 Å². The molecule has 1 aliphatic heterocycles. The van der Waals surface area contributed by atoms with Crippen LogP contribution in [0.2, 0.25) is 0 Å². The zero-order valence-corrected chi connectivity index (χ0v) is 12.3. The van der Waals surface area contributed by atoms with Gasteiger partial charge in [0.05, 0.1) is 5.92 Å². The molecule has 0 radical (unpaired) electrons. The fraction of sp³-hybridized carbons (Fsp3) is 0.562. The smallest absolute Gasteiger partial charge is 0.310 e. The predicted octanol–water partition coefficient (Wildman–Crippen LogP) is 1.64. The molecule has 4 nitrogen and oxygen atoms in total. The Kier molecular flexibility index (Phi) is 5.15. The number of likely N-dealkylation sites (tertiary alicyclic amines) is 1. The Morgan fingerprint density at radius 1 is 1.40 bits per heavy atom. The van der Waals surface area contributed by atoms with Crippen LogP contribution in [0.1, 0.15) is 19.4 Å². The summed E-state index contributed by atoms with van der Waals surface area (Å²) in [6, 6.07) is 9.98. The Morgan fingerprint density at radius 2 is 2.10 bits per heavy atom. The maximum atomic E-state index is 12.0. The molecule has 110 valence electrons. The van der Waals surface area contributed by atoms with Crippen molar-refractivity contribution in [2.45, 2.75) is 26.5 Å². The van der Waals surface area contributed by atoms with E-state index in [0.29, 0.717) is 12.5 Å². The minimum absolute atomic E-state index is 0.115. The molecule has 1 saturated heterocycles. The van der Waals surface area contributed by atoms with Gasteiger partial charge in [-0.25, -0.2) is 0 Å². The zero-order valence-electron chi connectivity index (χ0n) is 12.3. The molecule has 1 fully saturated rings. The summed E-state index contributed by atoms with van der Waals surface area (Å²) in [4.78, 5) is 14.2. The van der Waals surface area contributed by atoms with Crippen LogP contribution in [-0.4, -0.2) is 36.5 Å². The Hall–Kier alpha value is -1.39. The van der Waals surface area contributed by atoms with Crippen molar-refractivity contribution in [2.24, 2.45) is 17.6 Å². The van der Waals surface area contributed by atoms with E-state index in [-0.39, 0.29) is 17.9 Å². The van der Waals surface area contributed by atoms with E-state index in [1.54, 1.807) is 0 Å². The number of nitrogens with two attached hydrogens (primary N) is 1. The van der Waals surface area contributed by atoms with E-state index in [9.17, 15) is 4.79 Å². The number of hydrogen-bond acceptors (Lipinski definition) is 4. The average molecular weight is 276 g/mol. The van der Waals surface area contributed by atoms with Gasteiger partial charge in [-0.3, -0.25) is 4.79 Å². The molecule has 1 heterocycles. The highest BCUT2D eigenvalue weighted by molar-refractivity contribution is 5.72. The van der Waals surface area contributed by atoms with Crippen molar-refractivity contribution >= 4 is 5.97 Å². The Morgan fingerprint density at radius 3 is 2.70 bits per heavy atom. The molecule has 1 aromatic carbocycles. The number of rotatable bonds is 5. The van der Waals surface area contributed by atoms with E-state index in [0.717, 1.165) is 25.2 Å². The van der Waals surface area contributed by atoms with Crippen LogP contribution in [0.3, 0.4) is 0 Å². The molecule has 0 amide bonds. The third kappa shape index (κ3) is 4.05. The van der Waals surface area contributed by atoms with Crippen LogP contribution in [0, 0.1) is 11.8 Å². The maximum absolute atomic E-state index is 12.0. The van der Waals surface area contributed by atoms with E-state index in [2.05, 4.69) is 11.8 Å². The summed E-state index contributed by atoms with van der Waals surface area (Å²) in [5, 5.41) is 0. The molecular formula is C16H24N2O2. The normalized spacial score (nSPS) is 24.6. The van der Waals surface area contributed by atoms with Crippen LogP contribution >= 0.6 is 0 Å². The predicted molar refractivity (Wildman–Crippen MR) is 79.0 cm³/mol. The highest BCUT2D eigenvalue weighted by Gasteiger charge is 2.29. The molecule has 0 bridgehead atoms. The molecule has 1 aliphatic rings. The van der Waals surface area contributed by atoms with Crippen LogP contribution < -0.4 is 5.73 Å². The lowest BCUT2D eigenvalue weighted by Gasteiger charge is -2.19. The monoisotopic (exact) mass is 276 g/mol. The van der Waals surface area contributed by atoms with Gasteiger partial charge in [0.25, 0.3) is 0 Å². The van der Waals surface area contributed by atoms with E-state index in [1.165, 1.54) is 0 Å². The number of benzene rings is 1. The Bertz CT molecular complexity index is 425. The number of carbonyl (C=O) groups excluding carboxylic acids is 1. The fourth-order valence-electron chi connectivity index (χ4n) is 2.58. The van der Waals surface area contributed by atoms with Gasteiger partial charge in [0.2, 0.25) is 0 Å². The molecule has 2 N–H and O–H groups in total. The SMILES string of the molecule is CC(CN1CC(C)C(N)C1)C(=O)OCc1ccccc1. The molecule has 0 spiro atoms. The first kappa shape index (κ1) is 15.0. The van der Waals surface area contributed by atoms with Gasteiger partial charge in [-0.05, 0) is 11.5 Å². The molecule has 3 unspecified atom stereocenters. The molecule has 1 aromatic rings. The maximum Gasteiger partial charge on any atom is 0.310 e. The van der Waals surface area contributed by atoms with Crippen LogP contribution in [0.5, 0.6) is 0 Å². The van der Waals surface area contributed by atoms with Crippen molar-refractivity contribution in [3.05, 3.63) is 35.9 Å². The molecule has 0 aromatic heterocycles.